The Hall–Kier alpha value is -0.580. The van der Waals surface area contributed by atoms with Crippen molar-refractivity contribution in [2.75, 3.05) is 0 Å². The Morgan fingerprint density at radius 2 is 1.28 bits per heavy atom. The van der Waals surface area contributed by atoms with Crippen LogP contribution in [0.25, 0.3) is 0 Å². The molecule has 18 heavy (non-hydrogen) atoms. The zero-order valence-corrected chi connectivity index (χ0v) is 9.84. The third-order valence-corrected chi connectivity index (χ3v) is 3.31. The maximum atomic E-state index is 13.2. The Kier molecular flexibility index (Phi) is 4.08. The highest BCUT2D eigenvalue weighted by Gasteiger charge is 2.81. The van der Waals surface area contributed by atoms with Crippen LogP contribution in [0.15, 0.2) is 0 Å². The minimum atomic E-state index is -6.84. The molecule has 0 heterocycles. The minimum Gasteiger partial charge on any atom is -0.281 e. The normalized spacial score (nSPS) is 18.6. The van der Waals surface area contributed by atoms with Gasteiger partial charge in [0.1, 0.15) is 0 Å². The van der Waals surface area contributed by atoms with Crippen molar-refractivity contribution in [1.82, 2.24) is 0 Å². The largest absolute Gasteiger partial charge is 0.438 e. The van der Waals surface area contributed by atoms with Crippen LogP contribution in [-0.4, -0.2) is 35.7 Å². The highest BCUT2D eigenvalue weighted by molar-refractivity contribution is 7.87. The van der Waals surface area contributed by atoms with Crippen molar-refractivity contribution in [3.05, 3.63) is 0 Å². The predicted molar refractivity (Wildman–Crippen MR) is 46.2 cm³/mol. The first-order valence-electron chi connectivity index (χ1n) is 4.35. The Morgan fingerprint density at radius 1 is 0.944 bits per heavy atom. The topological polar surface area (TPSA) is 54.4 Å². The van der Waals surface area contributed by atoms with Crippen LogP contribution >= 0.6 is 0 Å². The summed E-state index contributed by atoms with van der Waals surface area (Å²) < 4.78 is 118. The van der Waals surface area contributed by atoms with Crippen LogP contribution < -0.4 is 0 Å². The van der Waals surface area contributed by atoms with Gasteiger partial charge in [-0.15, -0.1) is 0 Å². The Bertz CT molecular complexity index is 415. The molecule has 0 aromatic heterocycles. The molecule has 1 N–H and O–H groups in total. The average Bonchev–Trinajstić information content (AvgIpc) is 2.15. The molecule has 11 heteroatoms. The summed E-state index contributed by atoms with van der Waals surface area (Å²) in [6.07, 6.45) is -1.28. The van der Waals surface area contributed by atoms with Crippen LogP contribution in [0.4, 0.5) is 30.7 Å². The lowest BCUT2D eigenvalue weighted by atomic mass is 9.92. The maximum absolute atomic E-state index is 13.2. The van der Waals surface area contributed by atoms with Crippen LogP contribution in [0.2, 0.25) is 0 Å². The van der Waals surface area contributed by atoms with E-state index in [0.717, 1.165) is 0 Å². The van der Waals surface area contributed by atoms with E-state index in [1.54, 1.807) is 0 Å². The first kappa shape index (κ1) is 17.4. The fourth-order valence-corrected chi connectivity index (χ4v) is 1.35. The Labute approximate surface area is 97.7 Å². The van der Waals surface area contributed by atoms with Gasteiger partial charge in [0.25, 0.3) is 0 Å². The molecular formula is C7H9F7O3S. The fraction of sp³-hybridized carbons (Fsp3) is 1.00. The molecule has 1 unspecified atom stereocenters. The molecule has 0 fully saturated rings. The summed E-state index contributed by atoms with van der Waals surface area (Å²) in [5.41, 5.74) is -4.09. The van der Waals surface area contributed by atoms with Gasteiger partial charge >= 0.3 is 27.2 Å². The van der Waals surface area contributed by atoms with E-state index in [0.29, 0.717) is 6.92 Å². The van der Waals surface area contributed by atoms with E-state index in [1.807, 2.05) is 0 Å². The third-order valence-electron chi connectivity index (χ3n) is 2.40. The van der Waals surface area contributed by atoms with Gasteiger partial charge in [0, 0.05) is 0 Å². The van der Waals surface area contributed by atoms with Gasteiger partial charge in [0.15, 0.2) is 5.67 Å². The van der Waals surface area contributed by atoms with E-state index in [9.17, 15) is 39.2 Å². The van der Waals surface area contributed by atoms with Crippen molar-refractivity contribution in [3.63, 3.8) is 0 Å². The van der Waals surface area contributed by atoms with Crippen LogP contribution in [-0.2, 0) is 10.1 Å². The van der Waals surface area contributed by atoms with E-state index < -0.39 is 39.3 Å². The lowest BCUT2D eigenvalue weighted by Gasteiger charge is -2.37. The van der Waals surface area contributed by atoms with E-state index in [2.05, 4.69) is 0 Å². The molecule has 3 nitrogen and oxygen atoms in total. The molecular weight excluding hydrogens is 297 g/mol. The lowest BCUT2D eigenvalue weighted by Crippen LogP contribution is -2.64. The summed E-state index contributed by atoms with van der Waals surface area (Å²) in [7, 11) is -6.84. The van der Waals surface area contributed by atoms with Gasteiger partial charge in [-0.2, -0.15) is 34.8 Å². The molecule has 0 saturated heterocycles. The van der Waals surface area contributed by atoms with Gasteiger partial charge in [-0.1, -0.05) is 6.92 Å². The minimum absolute atomic E-state index is 0.0824. The zero-order valence-electron chi connectivity index (χ0n) is 9.02. The average molecular weight is 306 g/mol. The van der Waals surface area contributed by atoms with Crippen molar-refractivity contribution in [3.8, 4) is 0 Å². The molecule has 0 bridgehead atoms. The second kappa shape index (κ2) is 4.22. The Morgan fingerprint density at radius 3 is 1.50 bits per heavy atom. The monoisotopic (exact) mass is 306 g/mol. The summed E-state index contributed by atoms with van der Waals surface area (Å²) >= 11 is 0. The van der Waals surface area contributed by atoms with Gasteiger partial charge in [-0.3, -0.25) is 4.55 Å². The van der Waals surface area contributed by atoms with E-state index >= 15 is 0 Å². The van der Waals surface area contributed by atoms with Gasteiger partial charge < -0.3 is 0 Å². The van der Waals surface area contributed by atoms with Crippen molar-refractivity contribution in [1.29, 1.82) is 0 Å². The quantitative estimate of drug-likeness (QED) is 0.627. The molecule has 0 aromatic rings. The summed E-state index contributed by atoms with van der Waals surface area (Å²) in [6, 6.07) is 0. The van der Waals surface area contributed by atoms with Crippen molar-refractivity contribution in [2.24, 2.45) is 0 Å². The molecule has 0 aliphatic carbocycles. The number of hydrogen-bond acceptors (Lipinski definition) is 2. The Balaban J connectivity index is 5.96. The zero-order chi connectivity index (χ0) is 15.2. The van der Waals surface area contributed by atoms with Gasteiger partial charge in [0.05, 0.1) is 0 Å². The summed E-state index contributed by atoms with van der Waals surface area (Å²) in [4.78, 5) is 0. The van der Waals surface area contributed by atoms with Crippen LogP contribution in [0.5, 0.6) is 0 Å². The van der Waals surface area contributed by atoms with E-state index in [1.165, 1.54) is 0 Å². The number of alkyl halides is 7. The highest BCUT2D eigenvalue weighted by Crippen LogP contribution is 2.54. The van der Waals surface area contributed by atoms with Gasteiger partial charge in [-0.25, -0.2) is 4.39 Å². The maximum Gasteiger partial charge on any atom is 0.438 e. The van der Waals surface area contributed by atoms with Crippen LogP contribution in [0.3, 0.4) is 0 Å². The molecule has 110 valence electrons. The fourth-order valence-electron chi connectivity index (χ4n) is 0.894. The van der Waals surface area contributed by atoms with Crippen molar-refractivity contribution >= 4 is 10.1 Å². The molecule has 0 aliphatic heterocycles. The summed E-state index contributed by atoms with van der Waals surface area (Å²) in [5.74, 6) is -12.6. The lowest BCUT2D eigenvalue weighted by molar-refractivity contribution is -0.319. The molecule has 1 atom stereocenters. The number of hydrogen-bond donors (Lipinski definition) is 1. The second-order valence-electron chi connectivity index (χ2n) is 3.69. The molecule has 0 aromatic carbocycles. The third kappa shape index (κ3) is 2.17. The second-order valence-corrected chi connectivity index (χ2v) is 5.15. The molecule has 0 radical (unpaired) electrons. The molecule has 0 amide bonds. The van der Waals surface area contributed by atoms with Crippen LogP contribution in [0, 0.1) is 0 Å². The number of halogens is 7. The van der Waals surface area contributed by atoms with Crippen molar-refractivity contribution in [2.45, 2.75) is 43.0 Å². The van der Waals surface area contributed by atoms with Gasteiger partial charge in [0.2, 0.25) is 0 Å². The first-order valence-corrected chi connectivity index (χ1v) is 5.79. The van der Waals surface area contributed by atoms with E-state index in [-0.39, 0.29) is 6.92 Å². The van der Waals surface area contributed by atoms with E-state index in [4.69, 9.17) is 4.55 Å². The molecule has 0 saturated carbocycles. The van der Waals surface area contributed by atoms with Crippen LogP contribution in [0.1, 0.15) is 20.3 Å². The summed E-state index contributed by atoms with van der Waals surface area (Å²) in [5, 5.41) is -6.52. The molecule has 0 aliphatic rings. The SMILES string of the molecule is CCC(C)(F)C(F)(F)C(F)(F)C(F)(F)S(=O)(=O)O. The first-order chi connectivity index (χ1) is 7.56. The smallest absolute Gasteiger partial charge is 0.281 e. The van der Waals surface area contributed by atoms with Crippen molar-refractivity contribution < 1.29 is 43.7 Å². The molecule has 0 rings (SSSR count). The highest BCUT2D eigenvalue weighted by atomic mass is 32.2. The standard InChI is InChI=1S/C7H9F7O3S/c1-3-4(2,8)5(9,10)6(11,12)7(13,14)18(15,16)17/h3H2,1-2H3,(H,15,16,17). The van der Waals surface area contributed by atoms with Gasteiger partial charge in [-0.05, 0) is 13.3 Å². The molecule has 0 spiro atoms. The number of rotatable bonds is 5. The predicted octanol–water partition coefficient (Wildman–Crippen LogP) is 2.88. The summed E-state index contributed by atoms with van der Waals surface area (Å²) in [6.45, 7) is 0.594.